The molecule has 0 aromatic heterocycles. The zero-order chi connectivity index (χ0) is 21.2. The molecule has 27 heavy (non-hydrogen) atoms. The van der Waals surface area contributed by atoms with Gasteiger partial charge in [-0.2, -0.15) is 0 Å². The number of carbonyl (C=O) groups is 3. The highest BCUT2D eigenvalue weighted by molar-refractivity contribution is 5.90. The van der Waals surface area contributed by atoms with E-state index in [-0.39, 0.29) is 11.8 Å². The molecule has 1 heterocycles. The molecule has 1 fully saturated rings. The first-order chi connectivity index (χ1) is 12.2. The third-order valence-electron chi connectivity index (χ3n) is 4.81. The Labute approximate surface area is 163 Å². The van der Waals surface area contributed by atoms with Crippen molar-refractivity contribution in [1.82, 2.24) is 10.2 Å². The monoisotopic (exact) mass is 384 g/mol. The van der Waals surface area contributed by atoms with Crippen LogP contribution in [0.5, 0.6) is 0 Å². The van der Waals surface area contributed by atoms with Crippen molar-refractivity contribution in [2.45, 2.75) is 79.5 Å². The van der Waals surface area contributed by atoms with Crippen LogP contribution in [-0.2, 0) is 19.1 Å². The largest absolute Gasteiger partial charge is 0.467 e. The third-order valence-corrected chi connectivity index (χ3v) is 4.81. The van der Waals surface area contributed by atoms with Gasteiger partial charge in [-0.1, -0.05) is 34.6 Å². The number of carbonyl (C=O) groups excluding carboxylic acids is 3. The van der Waals surface area contributed by atoms with E-state index >= 15 is 0 Å². The molecule has 1 rings (SSSR count). The zero-order valence-electron chi connectivity index (χ0n) is 18.2. The molecule has 156 valence electrons. The van der Waals surface area contributed by atoms with Crippen molar-refractivity contribution in [1.29, 1.82) is 0 Å². The summed E-state index contributed by atoms with van der Waals surface area (Å²) < 4.78 is 10.2. The normalized spacial score (nSPS) is 21.8. The Bertz CT molecular complexity index is 560. The van der Waals surface area contributed by atoms with Gasteiger partial charge in [0.15, 0.2) is 0 Å². The highest BCUT2D eigenvalue weighted by Crippen LogP contribution is 2.32. The van der Waals surface area contributed by atoms with Crippen LogP contribution < -0.4 is 5.32 Å². The van der Waals surface area contributed by atoms with Gasteiger partial charge in [-0.3, -0.25) is 4.79 Å². The Morgan fingerprint density at radius 3 is 2.04 bits per heavy atom. The predicted molar refractivity (Wildman–Crippen MR) is 103 cm³/mol. The molecule has 1 N–H and O–H groups in total. The molecule has 7 nitrogen and oxygen atoms in total. The molecule has 0 radical (unpaired) electrons. The Morgan fingerprint density at radius 1 is 1.07 bits per heavy atom. The minimum atomic E-state index is -0.814. The van der Waals surface area contributed by atoms with Gasteiger partial charge in [-0.25, -0.2) is 9.59 Å². The molecule has 1 saturated heterocycles. The first-order valence-electron chi connectivity index (χ1n) is 9.55. The molecule has 0 bridgehead atoms. The van der Waals surface area contributed by atoms with E-state index in [1.165, 1.54) is 7.11 Å². The number of amides is 2. The van der Waals surface area contributed by atoms with Crippen molar-refractivity contribution in [3.8, 4) is 0 Å². The lowest BCUT2D eigenvalue weighted by atomic mass is 9.85. The minimum absolute atomic E-state index is 0.209. The van der Waals surface area contributed by atoms with Crippen LogP contribution in [0.15, 0.2) is 0 Å². The topological polar surface area (TPSA) is 84.9 Å². The third kappa shape index (κ3) is 6.40. The number of hydrogen-bond donors (Lipinski definition) is 1. The predicted octanol–water partition coefficient (Wildman–Crippen LogP) is 2.97. The van der Waals surface area contributed by atoms with Gasteiger partial charge in [0, 0.05) is 6.54 Å². The number of hydrogen-bond acceptors (Lipinski definition) is 5. The second-order valence-electron chi connectivity index (χ2n) is 9.71. The maximum atomic E-state index is 13.3. The number of rotatable bonds is 4. The first kappa shape index (κ1) is 23.2. The summed E-state index contributed by atoms with van der Waals surface area (Å²) in [6.07, 6.45) is -0.0793. The summed E-state index contributed by atoms with van der Waals surface area (Å²) in [7, 11) is 1.33. The molecule has 0 aromatic rings. The lowest BCUT2D eigenvalue weighted by Gasteiger charge is -2.35. The number of methoxy groups -OCH3 is 1. The van der Waals surface area contributed by atoms with Crippen molar-refractivity contribution >= 4 is 18.0 Å². The summed E-state index contributed by atoms with van der Waals surface area (Å²) in [5.74, 6) is -0.162. The van der Waals surface area contributed by atoms with Crippen LogP contribution in [0.1, 0.15) is 61.8 Å². The summed E-state index contributed by atoms with van der Waals surface area (Å²) in [6.45, 7) is 15.5. The average Bonchev–Trinajstić information content (AvgIpc) is 2.93. The van der Waals surface area contributed by atoms with Gasteiger partial charge in [0.2, 0.25) is 5.91 Å². The van der Waals surface area contributed by atoms with Gasteiger partial charge in [0.05, 0.1) is 7.11 Å². The van der Waals surface area contributed by atoms with Crippen molar-refractivity contribution in [3.63, 3.8) is 0 Å². The summed E-state index contributed by atoms with van der Waals surface area (Å²) in [5, 5.41) is 2.71. The summed E-state index contributed by atoms with van der Waals surface area (Å²) >= 11 is 0. The van der Waals surface area contributed by atoms with Crippen LogP contribution >= 0.6 is 0 Å². The van der Waals surface area contributed by atoms with Gasteiger partial charge in [-0.05, 0) is 44.4 Å². The first-order valence-corrected chi connectivity index (χ1v) is 9.55. The fraction of sp³-hybridized carbons (Fsp3) is 0.850. The Kier molecular flexibility index (Phi) is 7.30. The summed E-state index contributed by atoms with van der Waals surface area (Å²) in [6, 6.07) is -1.44. The smallest absolute Gasteiger partial charge is 0.408 e. The van der Waals surface area contributed by atoms with E-state index in [9.17, 15) is 14.4 Å². The van der Waals surface area contributed by atoms with E-state index in [2.05, 4.69) is 19.2 Å². The second kappa shape index (κ2) is 8.48. The van der Waals surface area contributed by atoms with Crippen LogP contribution in [0.2, 0.25) is 0 Å². The van der Waals surface area contributed by atoms with Gasteiger partial charge >= 0.3 is 12.1 Å². The molecule has 0 spiro atoms. The number of esters is 1. The lowest BCUT2D eigenvalue weighted by molar-refractivity contribution is -0.152. The van der Waals surface area contributed by atoms with Gasteiger partial charge < -0.3 is 19.7 Å². The number of alkyl carbamates (subject to hydrolysis) is 1. The van der Waals surface area contributed by atoms with Crippen molar-refractivity contribution in [3.05, 3.63) is 0 Å². The number of likely N-dealkylation sites (tertiary alicyclic amines) is 1. The van der Waals surface area contributed by atoms with Crippen LogP contribution in [0, 0.1) is 17.3 Å². The molecule has 0 aliphatic carbocycles. The van der Waals surface area contributed by atoms with E-state index in [1.807, 2.05) is 20.8 Å². The van der Waals surface area contributed by atoms with Crippen LogP contribution in [0.25, 0.3) is 0 Å². The Hall–Kier alpha value is -1.79. The molecule has 1 unspecified atom stereocenters. The number of nitrogens with one attached hydrogen (secondary N) is 1. The van der Waals surface area contributed by atoms with Gasteiger partial charge in [0.1, 0.15) is 17.7 Å². The van der Waals surface area contributed by atoms with E-state index < -0.39 is 35.2 Å². The van der Waals surface area contributed by atoms with Gasteiger partial charge in [0.25, 0.3) is 0 Å². The van der Waals surface area contributed by atoms with E-state index in [0.29, 0.717) is 18.9 Å². The number of ether oxygens (including phenoxy) is 2. The van der Waals surface area contributed by atoms with Crippen molar-refractivity contribution in [2.75, 3.05) is 13.7 Å². The van der Waals surface area contributed by atoms with Crippen molar-refractivity contribution in [2.24, 2.45) is 17.3 Å². The minimum Gasteiger partial charge on any atom is -0.467 e. The van der Waals surface area contributed by atoms with E-state index in [1.54, 1.807) is 25.7 Å². The maximum Gasteiger partial charge on any atom is 0.408 e. The molecular weight excluding hydrogens is 348 g/mol. The average molecular weight is 385 g/mol. The summed E-state index contributed by atoms with van der Waals surface area (Å²) in [4.78, 5) is 39.4. The van der Waals surface area contributed by atoms with E-state index in [4.69, 9.17) is 9.47 Å². The molecule has 1 aliphatic heterocycles. The second-order valence-corrected chi connectivity index (χ2v) is 9.71. The lowest BCUT2D eigenvalue weighted by Crippen LogP contribution is -2.57. The maximum absolute atomic E-state index is 13.3. The standard InChI is InChI=1S/C20H36N2O5/c1-12(2)13-10-14(17(24)26-9)22(11-13)16(23)15(19(3,4)5)21-18(25)27-20(6,7)8/h12-15H,10-11H2,1-9H3,(H,21,25)/t13?,14-,15+/m0/s1. The fourth-order valence-corrected chi connectivity index (χ4v) is 3.19. The Balaban J connectivity index is 3.08. The number of nitrogens with zero attached hydrogens (tertiary/aromatic N) is 1. The molecular formula is C20H36N2O5. The quantitative estimate of drug-likeness (QED) is 0.753. The van der Waals surface area contributed by atoms with Crippen LogP contribution in [-0.4, -0.2) is 54.2 Å². The zero-order valence-corrected chi connectivity index (χ0v) is 18.2. The highest BCUT2D eigenvalue weighted by Gasteiger charge is 2.46. The molecule has 3 atom stereocenters. The SMILES string of the molecule is COC(=O)[C@@H]1CC(C(C)C)CN1C(=O)[C@@H](NC(=O)OC(C)(C)C)C(C)(C)C. The Morgan fingerprint density at radius 2 is 1.63 bits per heavy atom. The highest BCUT2D eigenvalue weighted by atomic mass is 16.6. The molecule has 0 saturated carbocycles. The molecule has 7 heteroatoms. The molecule has 1 aliphatic rings. The van der Waals surface area contributed by atoms with Crippen molar-refractivity contribution < 1.29 is 23.9 Å². The summed E-state index contributed by atoms with van der Waals surface area (Å²) in [5.41, 5.74) is -1.22. The fourth-order valence-electron chi connectivity index (χ4n) is 3.19. The van der Waals surface area contributed by atoms with E-state index in [0.717, 1.165) is 0 Å². The molecule has 0 aromatic carbocycles. The van der Waals surface area contributed by atoms with Gasteiger partial charge in [-0.15, -0.1) is 0 Å². The van der Waals surface area contributed by atoms with Crippen LogP contribution in [0.4, 0.5) is 4.79 Å². The molecule has 2 amide bonds. The van der Waals surface area contributed by atoms with Crippen LogP contribution in [0.3, 0.4) is 0 Å².